The highest BCUT2D eigenvalue weighted by Gasteiger charge is 2.16. The van der Waals surface area contributed by atoms with Crippen LogP contribution in [0.3, 0.4) is 0 Å². The molecule has 0 aliphatic rings. The van der Waals surface area contributed by atoms with Gasteiger partial charge in [0.2, 0.25) is 0 Å². The molecule has 0 N–H and O–H groups in total. The van der Waals surface area contributed by atoms with Crippen LogP contribution in [0.1, 0.15) is 59.8 Å². The second-order valence-electron chi connectivity index (χ2n) is 4.05. The Morgan fingerprint density at radius 2 is 1.67 bits per heavy atom. The van der Waals surface area contributed by atoms with Gasteiger partial charge in [-0.2, -0.15) is 0 Å². The lowest BCUT2D eigenvalue weighted by Gasteiger charge is -2.21. The van der Waals surface area contributed by atoms with Crippen molar-refractivity contribution in [3.05, 3.63) is 0 Å². The molecule has 0 aromatic carbocycles. The molecule has 0 amide bonds. The lowest BCUT2D eigenvalue weighted by molar-refractivity contribution is 0.478. The van der Waals surface area contributed by atoms with Gasteiger partial charge in [-0.1, -0.05) is 46.5 Å². The molecule has 0 aromatic rings. The van der Waals surface area contributed by atoms with Gasteiger partial charge in [-0.15, -0.1) is 0 Å². The highest BCUT2D eigenvalue weighted by atomic mass is 32.2. The van der Waals surface area contributed by atoms with Gasteiger partial charge in [0, 0.05) is 18.3 Å². The fourth-order valence-corrected chi connectivity index (χ4v) is 3.08. The lowest BCUT2D eigenvalue weighted by atomic mass is 10.1. The van der Waals surface area contributed by atoms with Crippen molar-refractivity contribution in [1.29, 1.82) is 0 Å². The van der Waals surface area contributed by atoms with E-state index in [2.05, 4.69) is 27.7 Å². The van der Waals surface area contributed by atoms with E-state index in [4.69, 9.17) is 0 Å². The van der Waals surface area contributed by atoms with Crippen molar-refractivity contribution in [3.63, 3.8) is 0 Å². The fourth-order valence-electron chi connectivity index (χ4n) is 1.69. The van der Waals surface area contributed by atoms with Crippen LogP contribution in [-0.4, -0.2) is 26.9 Å². The standard InChI is InChI=1S/C12H27NOS/c1-5-8-9-10-11-12(4)15(14)13(6-2)7-3/h12H,5-11H2,1-4H3. The topological polar surface area (TPSA) is 20.3 Å². The third-order valence-corrected chi connectivity index (χ3v) is 4.72. The number of rotatable bonds is 9. The molecule has 0 fully saturated rings. The molecule has 2 unspecified atom stereocenters. The summed E-state index contributed by atoms with van der Waals surface area (Å²) in [6.45, 7) is 10.3. The van der Waals surface area contributed by atoms with E-state index in [1.54, 1.807) is 0 Å². The van der Waals surface area contributed by atoms with Gasteiger partial charge in [0.15, 0.2) is 0 Å². The maximum absolute atomic E-state index is 12.0. The molecule has 0 bridgehead atoms. The third-order valence-electron chi connectivity index (χ3n) is 2.77. The first kappa shape index (κ1) is 15.1. The smallest absolute Gasteiger partial charge is 0.0971 e. The van der Waals surface area contributed by atoms with Crippen LogP contribution in [0.15, 0.2) is 0 Å². The molecular weight excluding hydrogens is 206 g/mol. The Bertz CT molecular complexity index is 169. The van der Waals surface area contributed by atoms with Crippen LogP contribution in [-0.2, 0) is 11.0 Å². The number of hydrogen-bond acceptors (Lipinski definition) is 1. The summed E-state index contributed by atoms with van der Waals surface area (Å²) in [5, 5.41) is 0.321. The largest absolute Gasteiger partial charge is 0.242 e. The molecule has 15 heavy (non-hydrogen) atoms. The maximum atomic E-state index is 12.0. The van der Waals surface area contributed by atoms with Gasteiger partial charge < -0.3 is 0 Å². The van der Waals surface area contributed by atoms with Crippen LogP contribution in [0, 0.1) is 0 Å². The molecule has 2 atom stereocenters. The highest BCUT2D eigenvalue weighted by Crippen LogP contribution is 2.12. The van der Waals surface area contributed by atoms with E-state index < -0.39 is 11.0 Å². The Labute approximate surface area is 98.0 Å². The molecule has 2 nitrogen and oxygen atoms in total. The van der Waals surface area contributed by atoms with Crippen molar-refractivity contribution in [2.24, 2.45) is 0 Å². The minimum absolute atomic E-state index is 0.321. The molecule has 0 saturated carbocycles. The molecule has 0 aliphatic carbocycles. The summed E-state index contributed by atoms with van der Waals surface area (Å²) in [6, 6.07) is 0. The number of hydrogen-bond donors (Lipinski definition) is 0. The molecule has 0 saturated heterocycles. The molecular formula is C12H27NOS. The maximum Gasteiger partial charge on any atom is 0.0971 e. The van der Waals surface area contributed by atoms with Gasteiger partial charge in [-0.05, 0) is 13.3 Å². The summed E-state index contributed by atoms with van der Waals surface area (Å²) in [5.74, 6) is 0. The predicted molar refractivity (Wildman–Crippen MR) is 69.3 cm³/mol. The lowest BCUT2D eigenvalue weighted by Crippen LogP contribution is -2.31. The molecule has 0 rings (SSSR count). The Kier molecular flexibility index (Phi) is 9.41. The van der Waals surface area contributed by atoms with E-state index in [1.165, 1.54) is 25.7 Å². The van der Waals surface area contributed by atoms with Crippen molar-refractivity contribution < 1.29 is 4.21 Å². The monoisotopic (exact) mass is 233 g/mol. The van der Waals surface area contributed by atoms with Crippen LogP contribution in [0.25, 0.3) is 0 Å². The van der Waals surface area contributed by atoms with E-state index in [-0.39, 0.29) is 0 Å². The molecule has 0 aromatic heterocycles. The molecule has 92 valence electrons. The van der Waals surface area contributed by atoms with Crippen molar-refractivity contribution in [3.8, 4) is 0 Å². The average molecular weight is 233 g/mol. The van der Waals surface area contributed by atoms with Crippen LogP contribution in [0.4, 0.5) is 0 Å². The highest BCUT2D eigenvalue weighted by molar-refractivity contribution is 7.83. The van der Waals surface area contributed by atoms with Crippen molar-refractivity contribution in [1.82, 2.24) is 4.31 Å². The summed E-state index contributed by atoms with van der Waals surface area (Å²) in [5.41, 5.74) is 0. The van der Waals surface area contributed by atoms with Crippen molar-refractivity contribution in [2.45, 2.75) is 65.0 Å². The normalized spacial score (nSPS) is 15.5. The first-order valence-electron chi connectivity index (χ1n) is 6.32. The van der Waals surface area contributed by atoms with Gasteiger partial charge >= 0.3 is 0 Å². The summed E-state index contributed by atoms with van der Waals surface area (Å²) in [6.07, 6.45) is 6.19. The summed E-state index contributed by atoms with van der Waals surface area (Å²) >= 11 is 0. The minimum Gasteiger partial charge on any atom is -0.242 e. The Hall–Kier alpha value is 0.110. The van der Waals surface area contributed by atoms with Crippen LogP contribution >= 0.6 is 0 Å². The summed E-state index contributed by atoms with van der Waals surface area (Å²) in [7, 11) is -0.775. The van der Waals surface area contributed by atoms with Gasteiger partial charge in [-0.25, -0.2) is 8.51 Å². The average Bonchev–Trinajstić information content (AvgIpc) is 2.25. The van der Waals surface area contributed by atoms with E-state index in [0.717, 1.165) is 19.5 Å². The summed E-state index contributed by atoms with van der Waals surface area (Å²) < 4.78 is 14.1. The zero-order valence-corrected chi connectivity index (χ0v) is 11.6. The molecule has 0 spiro atoms. The van der Waals surface area contributed by atoms with Gasteiger partial charge in [-0.3, -0.25) is 0 Å². The first-order chi connectivity index (χ1) is 7.17. The second kappa shape index (κ2) is 9.34. The Balaban J connectivity index is 3.77. The Morgan fingerprint density at radius 1 is 1.07 bits per heavy atom. The van der Waals surface area contributed by atoms with E-state index >= 15 is 0 Å². The van der Waals surface area contributed by atoms with E-state index in [9.17, 15) is 4.21 Å². The first-order valence-corrected chi connectivity index (χ1v) is 7.49. The number of nitrogens with zero attached hydrogens (tertiary/aromatic N) is 1. The third kappa shape index (κ3) is 6.31. The van der Waals surface area contributed by atoms with Gasteiger partial charge in [0.05, 0.1) is 11.0 Å². The van der Waals surface area contributed by atoms with Crippen LogP contribution in [0.5, 0.6) is 0 Å². The molecule has 3 heteroatoms. The minimum atomic E-state index is -0.775. The number of unbranched alkanes of at least 4 members (excludes halogenated alkanes) is 3. The molecule has 0 heterocycles. The van der Waals surface area contributed by atoms with Crippen molar-refractivity contribution in [2.75, 3.05) is 13.1 Å². The Morgan fingerprint density at radius 3 is 2.13 bits per heavy atom. The van der Waals surface area contributed by atoms with E-state index in [1.807, 2.05) is 4.31 Å². The van der Waals surface area contributed by atoms with Gasteiger partial charge in [0.1, 0.15) is 0 Å². The predicted octanol–water partition coefficient (Wildman–Crippen LogP) is 3.35. The van der Waals surface area contributed by atoms with Crippen molar-refractivity contribution >= 4 is 11.0 Å². The second-order valence-corrected chi connectivity index (χ2v) is 5.92. The zero-order valence-electron chi connectivity index (χ0n) is 10.8. The SMILES string of the molecule is CCCCCCC(C)S(=O)N(CC)CC. The molecule has 0 radical (unpaired) electrons. The van der Waals surface area contributed by atoms with E-state index in [0.29, 0.717) is 5.25 Å². The van der Waals surface area contributed by atoms with Gasteiger partial charge in [0.25, 0.3) is 0 Å². The van der Waals surface area contributed by atoms with Crippen LogP contribution < -0.4 is 0 Å². The quantitative estimate of drug-likeness (QED) is 0.559. The van der Waals surface area contributed by atoms with Crippen LogP contribution in [0.2, 0.25) is 0 Å². The zero-order chi connectivity index (χ0) is 11.7. The molecule has 0 aliphatic heterocycles. The fraction of sp³-hybridized carbons (Fsp3) is 1.00. The summed E-state index contributed by atoms with van der Waals surface area (Å²) in [4.78, 5) is 0.